The summed E-state index contributed by atoms with van der Waals surface area (Å²) in [6, 6.07) is 16.4. The Balaban J connectivity index is 1.23. The van der Waals surface area contributed by atoms with Crippen LogP contribution in [0.25, 0.3) is 11.1 Å². The molecule has 1 atom stereocenters. The molecule has 2 fully saturated rings. The van der Waals surface area contributed by atoms with Crippen LogP contribution in [0.2, 0.25) is 0 Å². The predicted octanol–water partition coefficient (Wildman–Crippen LogP) is 4.26. The van der Waals surface area contributed by atoms with Crippen LogP contribution in [0.5, 0.6) is 0 Å². The maximum Gasteiger partial charge on any atom is 0.407 e. The summed E-state index contributed by atoms with van der Waals surface area (Å²) < 4.78 is 5.75. The third-order valence-corrected chi connectivity index (χ3v) is 8.63. The number of carboxylic acids is 1. The molecule has 1 saturated carbocycles. The summed E-state index contributed by atoms with van der Waals surface area (Å²) in [5, 5.41) is 11.8. The van der Waals surface area contributed by atoms with Crippen LogP contribution in [0.3, 0.4) is 0 Å². The van der Waals surface area contributed by atoms with Crippen molar-refractivity contribution in [2.24, 2.45) is 0 Å². The highest BCUT2D eigenvalue weighted by Gasteiger charge is 2.40. The van der Waals surface area contributed by atoms with Gasteiger partial charge >= 0.3 is 12.1 Å². The van der Waals surface area contributed by atoms with Gasteiger partial charge in [0.05, 0.1) is 12.0 Å². The zero-order valence-corrected chi connectivity index (χ0v) is 20.4. The third kappa shape index (κ3) is 4.89. The molecule has 1 heterocycles. The number of aliphatic carboxylic acids is 1. The Morgan fingerprint density at radius 1 is 1.03 bits per heavy atom. The molecule has 35 heavy (non-hydrogen) atoms. The largest absolute Gasteiger partial charge is 0.480 e. The summed E-state index contributed by atoms with van der Waals surface area (Å²) in [5.74, 6) is -0.402. The van der Waals surface area contributed by atoms with E-state index in [0.29, 0.717) is 25.1 Å². The lowest BCUT2D eigenvalue weighted by molar-refractivity contribution is -0.138. The average molecular weight is 495 g/mol. The number of hydrogen-bond acceptors (Lipinski definition) is 5. The number of carboxylic acid groups (broad SMARTS) is 1. The summed E-state index contributed by atoms with van der Waals surface area (Å²) in [7, 11) is 0. The van der Waals surface area contributed by atoms with Gasteiger partial charge in [0.1, 0.15) is 11.9 Å². The highest BCUT2D eigenvalue weighted by atomic mass is 32.2. The van der Waals surface area contributed by atoms with E-state index >= 15 is 0 Å². The fourth-order valence-electron chi connectivity index (χ4n) is 5.68. The van der Waals surface area contributed by atoms with Crippen molar-refractivity contribution in [2.75, 3.05) is 25.4 Å². The van der Waals surface area contributed by atoms with E-state index in [2.05, 4.69) is 29.6 Å². The molecule has 0 aromatic heterocycles. The van der Waals surface area contributed by atoms with Crippen molar-refractivity contribution in [3.05, 3.63) is 59.7 Å². The Morgan fingerprint density at radius 3 is 2.29 bits per heavy atom. The molecule has 0 radical (unpaired) electrons. The molecule has 8 heteroatoms. The van der Waals surface area contributed by atoms with Crippen LogP contribution in [-0.4, -0.2) is 64.2 Å². The quantitative estimate of drug-likeness (QED) is 0.623. The van der Waals surface area contributed by atoms with Crippen molar-refractivity contribution in [2.45, 2.75) is 48.8 Å². The van der Waals surface area contributed by atoms with Gasteiger partial charge < -0.3 is 20.1 Å². The zero-order chi connectivity index (χ0) is 24.4. The number of nitrogens with one attached hydrogen (secondary N) is 1. The standard InChI is InChI=1S/C27H30N2O5S/c30-24(29-13-14-35-23(16-29)25(31)32)15-27(11-5-6-12-27)28-26(33)34-17-22-20-9-3-1-7-18(20)19-8-2-4-10-21(19)22/h1-4,7-10,22-23H,5-6,11-17H2,(H,28,33)(H,31,32). The van der Waals surface area contributed by atoms with E-state index in [9.17, 15) is 19.5 Å². The van der Waals surface area contributed by atoms with E-state index in [1.165, 1.54) is 22.9 Å². The molecule has 184 valence electrons. The zero-order valence-electron chi connectivity index (χ0n) is 19.6. The summed E-state index contributed by atoms with van der Waals surface area (Å²) in [4.78, 5) is 39.0. The normalized spacial score (nSPS) is 20.7. The van der Waals surface area contributed by atoms with E-state index < -0.39 is 22.9 Å². The molecule has 0 spiro atoms. The van der Waals surface area contributed by atoms with E-state index in [0.717, 1.165) is 24.0 Å². The van der Waals surface area contributed by atoms with Crippen molar-refractivity contribution < 1.29 is 24.2 Å². The predicted molar refractivity (Wildman–Crippen MR) is 134 cm³/mol. The van der Waals surface area contributed by atoms with Crippen molar-refractivity contribution in [3.63, 3.8) is 0 Å². The van der Waals surface area contributed by atoms with E-state index in [1.807, 2.05) is 24.3 Å². The number of thioether (sulfide) groups is 1. The Morgan fingerprint density at radius 2 is 1.66 bits per heavy atom. The summed E-state index contributed by atoms with van der Waals surface area (Å²) in [6.45, 7) is 0.974. The first-order valence-electron chi connectivity index (χ1n) is 12.2. The number of benzene rings is 2. The molecule has 7 nitrogen and oxygen atoms in total. The first kappa shape index (κ1) is 23.7. The van der Waals surface area contributed by atoms with Crippen LogP contribution in [0.15, 0.2) is 48.5 Å². The van der Waals surface area contributed by atoms with Gasteiger partial charge in [0, 0.05) is 24.8 Å². The number of rotatable bonds is 6. The molecule has 5 rings (SSSR count). The van der Waals surface area contributed by atoms with Gasteiger partial charge in [-0.3, -0.25) is 9.59 Å². The fourth-order valence-corrected chi connectivity index (χ4v) is 6.71. The van der Waals surface area contributed by atoms with Crippen molar-refractivity contribution in [3.8, 4) is 11.1 Å². The van der Waals surface area contributed by atoms with E-state index in [4.69, 9.17) is 4.74 Å². The maximum absolute atomic E-state index is 13.1. The fraction of sp³-hybridized carbons (Fsp3) is 0.444. The molecule has 2 aliphatic carbocycles. The molecule has 2 aromatic carbocycles. The number of carbonyl (C=O) groups excluding carboxylic acids is 2. The summed E-state index contributed by atoms with van der Waals surface area (Å²) >= 11 is 1.37. The van der Waals surface area contributed by atoms with Crippen molar-refractivity contribution >= 4 is 29.7 Å². The molecular formula is C27H30N2O5S. The molecule has 1 saturated heterocycles. The molecule has 2 aromatic rings. The Kier molecular flexibility index (Phi) is 6.73. The van der Waals surface area contributed by atoms with Crippen molar-refractivity contribution in [1.29, 1.82) is 0 Å². The lowest BCUT2D eigenvalue weighted by Gasteiger charge is -2.35. The minimum Gasteiger partial charge on any atom is -0.480 e. The first-order valence-corrected chi connectivity index (χ1v) is 13.3. The Labute approximate surface area is 209 Å². The van der Waals surface area contributed by atoms with Crippen LogP contribution in [-0.2, 0) is 14.3 Å². The second kappa shape index (κ2) is 9.93. The number of ether oxygens (including phenoxy) is 1. The number of alkyl carbamates (subject to hydrolysis) is 1. The number of hydrogen-bond donors (Lipinski definition) is 2. The van der Waals surface area contributed by atoms with Gasteiger partial charge in [-0.1, -0.05) is 61.4 Å². The number of carbonyl (C=O) groups is 3. The van der Waals surface area contributed by atoms with Gasteiger partial charge in [-0.15, -0.1) is 11.8 Å². The van der Waals surface area contributed by atoms with Gasteiger partial charge in [-0.25, -0.2) is 4.79 Å². The SMILES string of the molecule is O=C(NC1(CC(=O)N2CCSC(C(=O)O)C2)CCCC1)OCC1c2ccccc2-c2ccccc21. The van der Waals surface area contributed by atoms with Gasteiger partial charge in [0.25, 0.3) is 0 Å². The van der Waals surface area contributed by atoms with E-state index in [1.54, 1.807) is 4.90 Å². The summed E-state index contributed by atoms with van der Waals surface area (Å²) in [6.07, 6.45) is 2.98. The molecule has 1 unspecified atom stereocenters. The number of nitrogens with zero attached hydrogens (tertiary/aromatic N) is 1. The highest BCUT2D eigenvalue weighted by Crippen LogP contribution is 2.44. The average Bonchev–Trinajstić information content (AvgIpc) is 3.45. The number of fused-ring (bicyclic) bond motifs is 3. The second-order valence-electron chi connectivity index (χ2n) is 9.65. The molecule has 0 bridgehead atoms. The topological polar surface area (TPSA) is 95.9 Å². The molecular weight excluding hydrogens is 464 g/mol. The lowest BCUT2D eigenvalue weighted by atomic mass is 9.92. The third-order valence-electron chi connectivity index (χ3n) is 7.46. The molecule has 3 aliphatic rings. The van der Waals surface area contributed by atoms with Crippen LogP contribution < -0.4 is 5.32 Å². The van der Waals surface area contributed by atoms with Crippen LogP contribution in [0.1, 0.15) is 49.1 Å². The number of amides is 2. The van der Waals surface area contributed by atoms with Gasteiger partial charge in [-0.2, -0.15) is 0 Å². The lowest BCUT2D eigenvalue weighted by Crippen LogP contribution is -2.52. The van der Waals surface area contributed by atoms with Gasteiger partial charge in [-0.05, 0) is 35.1 Å². The first-order chi connectivity index (χ1) is 17.0. The second-order valence-corrected chi connectivity index (χ2v) is 11.0. The van der Waals surface area contributed by atoms with Gasteiger partial charge in [0.2, 0.25) is 5.91 Å². The van der Waals surface area contributed by atoms with E-state index in [-0.39, 0.29) is 31.4 Å². The molecule has 2 amide bonds. The molecule has 1 aliphatic heterocycles. The molecule has 2 N–H and O–H groups in total. The van der Waals surface area contributed by atoms with Gasteiger partial charge in [0.15, 0.2) is 0 Å². The monoisotopic (exact) mass is 494 g/mol. The van der Waals surface area contributed by atoms with Crippen molar-refractivity contribution in [1.82, 2.24) is 10.2 Å². The minimum atomic E-state index is -0.889. The van der Waals surface area contributed by atoms with Crippen LogP contribution in [0, 0.1) is 0 Å². The smallest absolute Gasteiger partial charge is 0.407 e. The summed E-state index contributed by atoms with van der Waals surface area (Å²) in [5.41, 5.74) is 4.03. The Bertz CT molecular complexity index is 1080. The van der Waals surface area contributed by atoms with Crippen LogP contribution >= 0.6 is 11.8 Å². The maximum atomic E-state index is 13.1. The highest BCUT2D eigenvalue weighted by molar-refractivity contribution is 8.00. The Hall–Kier alpha value is -3.00. The minimum absolute atomic E-state index is 0.0203. The van der Waals surface area contributed by atoms with Crippen LogP contribution in [0.4, 0.5) is 4.79 Å².